The summed E-state index contributed by atoms with van der Waals surface area (Å²) in [5, 5.41) is 11.9. The first-order valence-electron chi connectivity index (χ1n) is 12.8. The molecule has 1 aliphatic heterocycles. The number of anilines is 2. The minimum absolute atomic E-state index is 0.0450. The van der Waals surface area contributed by atoms with Crippen LogP contribution < -0.4 is 15.4 Å². The molecule has 0 spiro atoms. The van der Waals surface area contributed by atoms with E-state index in [0.29, 0.717) is 49.1 Å². The second kappa shape index (κ2) is 11.4. The van der Waals surface area contributed by atoms with Gasteiger partial charge in [-0.2, -0.15) is 5.10 Å². The average molecular weight is 554 g/mol. The summed E-state index contributed by atoms with van der Waals surface area (Å²) >= 11 is 0. The number of ether oxygens (including phenoxy) is 1. The number of rotatable bonds is 10. The fourth-order valence-corrected chi connectivity index (χ4v) is 5.03. The monoisotopic (exact) mass is 553 g/mol. The first-order valence-corrected chi connectivity index (χ1v) is 14.6. The van der Waals surface area contributed by atoms with Crippen molar-refractivity contribution in [3.05, 3.63) is 54.2 Å². The van der Waals surface area contributed by atoms with Gasteiger partial charge in [-0.25, -0.2) is 23.1 Å². The SMILES string of the molecule is CCn1ncc2c(NC3CCOCC3)c(-c3nc(CC(=O)NCc4ccc(NS(C)(=O)=O)cc4)co3)cnc21. The Kier molecular flexibility index (Phi) is 7.79. The van der Waals surface area contributed by atoms with Crippen molar-refractivity contribution in [3.8, 4) is 11.5 Å². The number of pyridine rings is 1. The van der Waals surface area contributed by atoms with Gasteiger partial charge in [0.15, 0.2) is 5.65 Å². The van der Waals surface area contributed by atoms with E-state index in [2.05, 4.69) is 30.4 Å². The van der Waals surface area contributed by atoms with E-state index in [4.69, 9.17) is 9.15 Å². The fourth-order valence-electron chi connectivity index (χ4n) is 4.47. The van der Waals surface area contributed by atoms with Crippen LogP contribution in [0.15, 0.2) is 47.3 Å². The average Bonchev–Trinajstić information content (AvgIpc) is 3.55. The normalized spacial score (nSPS) is 14.4. The summed E-state index contributed by atoms with van der Waals surface area (Å²) in [6.45, 7) is 4.42. The van der Waals surface area contributed by atoms with E-state index in [1.54, 1.807) is 36.7 Å². The van der Waals surface area contributed by atoms with E-state index in [1.165, 1.54) is 6.26 Å². The smallest absolute Gasteiger partial charge is 0.229 e. The van der Waals surface area contributed by atoms with Crippen LogP contribution in [0.5, 0.6) is 0 Å². The molecule has 206 valence electrons. The molecule has 0 radical (unpaired) electrons. The lowest BCUT2D eigenvalue weighted by molar-refractivity contribution is -0.120. The van der Waals surface area contributed by atoms with Gasteiger partial charge < -0.3 is 19.8 Å². The van der Waals surface area contributed by atoms with Crippen molar-refractivity contribution in [1.29, 1.82) is 0 Å². The lowest BCUT2D eigenvalue weighted by Crippen LogP contribution is -2.28. The van der Waals surface area contributed by atoms with Crippen LogP contribution in [0.4, 0.5) is 11.4 Å². The maximum Gasteiger partial charge on any atom is 0.229 e. The van der Waals surface area contributed by atoms with Crippen LogP contribution in [0.2, 0.25) is 0 Å². The maximum absolute atomic E-state index is 12.6. The molecule has 13 heteroatoms. The number of benzene rings is 1. The number of sulfonamides is 1. The molecule has 0 atom stereocenters. The van der Waals surface area contributed by atoms with Crippen molar-refractivity contribution < 1.29 is 22.4 Å². The molecule has 1 fully saturated rings. The number of fused-ring (bicyclic) bond motifs is 1. The number of oxazole rings is 1. The Morgan fingerprint density at radius 2 is 1.92 bits per heavy atom. The highest BCUT2D eigenvalue weighted by Crippen LogP contribution is 2.34. The molecule has 4 aromatic rings. The molecule has 39 heavy (non-hydrogen) atoms. The lowest BCUT2D eigenvalue weighted by Gasteiger charge is -2.25. The Morgan fingerprint density at radius 3 is 2.64 bits per heavy atom. The largest absolute Gasteiger partial charge is 0.444 e. The van der Waals surface area contributed by atoms with Gasteiger partial charge in [0.25, 0.3) is 0 Å². The molecule has 0 bridgehead atoms. The van der Waals surface area contributed by atoms with Gasteiger partial charge in [0, 0.05) is 44.2 Å². The van der Waals surface area contributed by atoms with Gasteiger partial charge in [0.05, 0.1) is 41.2 Å². The number of nitrogens with one attached hydrogen (secondary N) is 3. The Bertz CT molecular complexity index is 1560. The molecule has 12 nitrogen and oxygen atoms in total. The molecular formula is C26H31N7O5S. The Labute approximate surface area is 226 Å². The summed E-state index contributed by atoms with van der Waals surface area (Å²) in [4.78, 5) is 21.8. The summed E-state index contributed by atoms with van der Waals surface area (Å²) in [6.07, 6.45) is 7.93. The molecule has 4 heterocycles. The summed E-state index contributed by atoms with van der Waals surface area (Å²) in [5.74, 6) is 0.159. The number of carbonyl (C=O) groups is 1. The molecule has 1 saturated heterocycles. The number of hydrogen-bond acceptors (Lipinski definition) is 9. The molecule has 0 aliphatic carbocycles. The summed E-state index contributed by atoms with van der Waals surface area (Å²) in [6, 6.07) is 7.03. The van der Waals surface area contributed by atoms with Crippen LogP contribution in [-0.2, 0) is 39.1 Å². The zero-order valence-electron chi connectivity index (χ0n) is 21.8. The Morgan fingerprint density at radius 1 is 1.15 bits per heavy atom. The van der Waals surface area contributed by atoms with Crippen molar-refractivity contribution in [2.24, 2.45) is 0 Å². The maximum atomic E-state index is 12.6. The quantitative estimate of drug-likeness (QED) is 0.269. The summed E-state index contributed by atoms with van der Waals surface area (Å²) < 4.78 is 38.3. The molecule has 3 N–H and O–H groups in total. The second-order valence-electron chi connectivity index (χ2n) is 9.44. The molecule has 0 unspecified atom stereocenters. The van der Waals surface area contributed by atoms with Crippen LogP contribution >= 0.6 is 0 Å². The highest BCUT2D eigenvalue weighted by atomic mass is 32.2. The molecular weight excluding hydrogens is 522 g/mol. The van der Waals surface area contributed by atoms with Gasteiger partial charge in [-0.05, 0) is 37.5 Å². The van der Waals surface area contributed by atoms with Crippen molar-refractivity contribution in [3.63, 3.8) is 0 Å². The predicted molar refractivity (Wildman–Crippen MR) is 147 cm³/mol. The van der Waals surface area contributed by atoms with E-state index >= 15 is 0 Å². The van der Waals surface area contributed by atoms with Gasteiger partial charge in [0.1, 0.15) is 6.26 Å². The predicted octanol–water partition coefficient (Wildman–Crippen LogP) is 2.93. The zero-order valence-corrected chi connectivity index (χ0v) is 22.6. The highest BCUT2D eigenvalue weighted by molar-refractivity contribution is 7.92. The first-order chi connectivity index (χ1) is 18.8. The van der Waals surface area contributed by atoms with Crippen molar-refractivity contribution >= 4 is 38.3 Å². The molecule has 3 aromatic heterocycles. The second-order valence-corrected chi connectivity index (χ2v) is 11.2. The molecule has 0 saturated carbocycles. The standard InChI is InChI=1S/C26H31N7O5S/c1-3-33-25-21(15-29-33)24(30-18-8-10-37-11-9-18)22(14-28-25)26-31-20(16-38-26)12-23(34)27-13-17-4-6-19(7-5-17)32-39(2,35)36/h4-7,14-16,18,32H,3,8-13H2,1-2H3,(H,27,34)(H,28,30). The first kappa shape index (κ1) is 26.6. The fraction of sp³-hybridized carbons (Fsp3) is 0.385. The van der Waals surface area contributed by atoms with Gasteiger partial charge in [0.2, 0.25) is 21.8 Å². The minimum atomic E-state index is -3.34. The number of aryl methyl sites for hydroxylation is 1. The van der Waals surface area contributed by atoms with Gasteiger partial charge >= 0.3 is 0 Å². The van der Waals surface area contributed by atoms with Crippen molar-refractivity contribution in [2.45, 2.75) is 45.3 Å². The van der Waals surface area contributed by atoms with E-state index in [0.717, 1.165) is 41.4 Å². The lowest BCUT2D eigenvalue weighted by atomic mass is 10.1. The zero-order chi connectivity index (χ0) is 27.4. The molecule has 5 rings (SSSR count). The third kappa shape index (κ3) is 6.55. The van der Waals surface area contributed by atoms with E-state index in [9.17, 15) is 13.2 Å². The van der Waals surface area contributed by atoms with E-state index in [1.807, 2.05) is 11.6 Å². The van der Waals surface area contributed by atoms with Gasteiger partial charge in [-0.1, -0.05) is 12.1 Å². The molecule has 1 aliphatic rings. The topological polar surface area (TPSA) is 153 Å². The van der Waals surface area contributed by atoms with Crippen molar-refractivity contribution in [2.75, 3.05) is 29.5 Å². The highest BCUT2D eigenvalue weighted by Gasteiger charge is 2.22. The third-order valence-corrected chi connectivity index (χ3v) is 7.01. The van der Waals surface area contributed by atoms with Gasteiger partial charge in [-0.15, -0.1) is 0 Å². The van der Waals surface area contributed by atoms with Crippen LogP contribution in [0.1, 0.15) is 31.0 Å². The number of amides is 1. The number of carbonyl (C=O) groups excluding carboxylic acids is 1. The third-order valence-electron chi connectivity index (χ3n) is 6.41. The van der Waals surface area contributed by atoms with Crippen LogP contribution in [0.25, 0.3) is 22.5 Å². The van der Waals surface area contributed by atoms with E-state index < -0.39 is 10.0 Å². The number of aromatic nitrogens is 4. The summed E-state index contributed by atoms with van der Waals surface area (Å²) in [7, 11) is -3.34. The molecule has 1 amide bonds. The Hall–Kier alpha value is -3.97. The van der Waals surface area contributed by atoms with Crippen LogP contribution in [0.3, 0.4) is 0 Å². The summed E-state index contributed by atoms with van der Waals surface area (Å²) in [5.41, 5.74) is 4.14. The minimum Gasteiger partial charge on any atom is -0.444 e. The number of nitrogens with zero attached hydrogens (tertiary/aromatic N) is 4. The van der Waals surface area contributed by atoms with Crippen LogP contribution in [-0.4, -0.2) is 59.6 Å². The van der Waals surface area contributed by atoms with Crippen molar-refractivity contribution in [1.82, 2.24) is 25.1 Å². The van der Waals surface area contributed by atoms with Crippen LogP contribution in [0, 0.1) is 0 Å². The van der Waals surface area contributed by atoms with Gasteiger partial charge in [-0.3, -0.25) is 9.52 Å². The Balaban J connectivity index is 1.28. The molecule has 1 aromatic carbocycles. The number of hydrogen-bond donors (Lipinski definition) is 3. The van der Waals surface area contributed by atoms with E-state index in [-0.39, 0.29) is 18.4 Å².